The van der Waals surface area contributed by atoms with Gasteiger partial charge in [-0.1, -0.05) is 91.5 Å². The Kier molecular flexibility index (Phi) is 28.3. The van der Waals surface area contributed by atoms with Crippen LogP contribution in [0.25, 0.3) is 140 Å². The molecule has 10 heterocycles. The van der Waals surface area contributed by atoms with Gasteiger partial charge < -0.3 is 38.7 Å². The molecule has 12 aromatic carbocycles. The van der Waals surface area contributed by atoms with E-state index >= 15 is 0 Å². The normalized spacial score (nSPS) is 11.0. The summed E-state index contributed by atoms with van der Waals surface area (Å²) in [4.78, 5) is 80.6. The number of nitro benzene ring substituents is 1. The van der Waals surface area contributed by atoms with E-state index in [4.69, 9.17) is 28.8 Å². The van der Waals surface area contributed by atoms with Crippen LogP contribution in [0.1, 0.15) is 62.9 Å². The number of fused-ring (bicyclic) bond motifs is 4. The zero-order valence-corrected chi connectivity index (χ0v) is 75.6. The Morgan fingerprint density at radius 2 is 0.838 bits per heavy atom. The molecule has 1 aliphatic heterocycles. The molecule has 1 aliphatic rings. The van der Waals surface area contributed by atoms with Crippen molar-refractivity contribution in [2.75, 3.05) is 27.9 Å². The van der Waals surface area contributed by atoms with Gasteiger partial charge in [0.2, 0.25) is 5.89 Å². The lowest BCUT2D eigenvalue weighted by atomic mass is 10.0. The molecule has 0 spiro atoms. The first-order valence-electron chi connectivity index (χ1n) is 43.6. The summed E-state index contributed by atoms with van der Waals surface area (Å²) in [6, 6.07) is 86.7. The Hall–Kier alpha value is -19.9. The molecule has 33 heteroatoms. The highest BCUT2D eigenvalue weighted by Crippen LogP contribution is 2.35. The lowest BCUT2D eigenvalue weighted by molar-refractivity contribution is -0.384. The number of benzene rings is 12. The van der Waals surface area contributed by atoms with Gasteiger partial charge >= 0.3 is 29.8 Å². The van der Waals surface area contributed by atoms with Crippen LogP contribution in [0.2, 0.25) is 0 Å². The number of ether oxygens (including phenoxy) is 4. The first-order chi connectivity index (χ1) is 69.0. The molecule has 0 aliphatic carbocycles. The summed E-state index contributed by atoms with van der Waals surface area (Å²) in [5, 5.41) is 66.6. The van der Waals surface area contributed by atoms with Crippen molar-refractivity contribution in [2.45, 2.75) is 6.42 Å². The second-order valence-electron chi connectivity index (χ2n) is 31.5. The van der Waals surface area contributed by atoms with Crippen molar-refractivity contribution < 1.29 is 76.4 Å². The number of halogens is 2. The van der Waals surface area contributed by atoms with E-state index in [9.17, 15) is 48.0 Å². The van der Waals surface area contributed by atoms with Crippen LogP contribution in [-0.4, -0.2) is 152 Å². The Morgan fingerprint density at radius 3 is 1.38 bits per heavy atom. The predicted octanol–water partition coefficient (Wildman–Crippen LogP) is 21.9. The van der Waals surface area contributed by atoms with Gasteiger partial charge in [-0.25, -0.2) is 70.8 Å². The van der Waals surface area contributed by atoms with E-state index in [1.54, 1.807) is 217 Å². The van der Waals surface area contributed by atoms with Crippen molar-refractivity contribution in [3.8, 4) is 107 Å². The van der Waals surface area contributed by atoms with Crippen LogP contribution in [0.15, 0.2) is 389 Å². The maximum absolute atomic E-state index is 13.3. The maximum atomic E-state index is 13.3. The van der Waals surface area contributed by atoms with Crippen LogP contribution in [-0.2, 0) is 20.6 Å². The summed E-state index contributed by atoms with van der Waals surface area (Å²) < 4.78 is 62.0. The molecule has 0 atom stereocenters. The molecule has 0 unspecified atom stereocenters. The molecule has 700 valence electrons. The third-order valence-corrected chi connectivity index (χ3v) is 22.4. The van der Waals surface area contributed by atoms with Gasteiger partial charge in [0.25, 0.3) is 5.69 Å². The minimum absolute atomic E-state index is 0.00221. The van der Waals surface area contributed by atoms with Crippen LogP contribution < -0.4 is 4.74 Å². The third kappa shape index (κ3) is 22.0. The number of carboxylic acids is 2. The fourth-order valence-electron chi connectivity index (χ4n) is 15.1. The number of hydrogen-bond acceptors (Lipinski definition) is 22. The van der Waals surface area contributed by atoms with Crippen molar-refractivity contribution in [3.63, 3.8) is 0 Å². The Bertz CT molecular complexity index is 8160. The number of aliphatic hydroxyl groups excluding tert-OH is 1. The van der Waals surface area contributed by atoms with Crippen molar-refractivity contribution in [1.29, 1.82) is 0 Å². The number of carbonyl (C=O) groups is 5. The van der Waals surface area contributed by atoms with E-state index in [1.165, 1.54) is 51.3 Å². The highest BCUT2D eigenvalue weighted by Gasteiger charge is 2.21. The minimum atomic E-state index is -0.958. The lowest BCUT2D eigenvalue weighted by Gasteiger charge is -2.04. The molecule has 0 saturated carbocycles. The van der Waals surface area contributed by atoms with Gasteiger partial charge in [0.15, 0.2) is 5.58 Å². The number of para-hydroxylation sites is 5. The molecule has 0 radical (unpaired) electrons. The molecule has 3 N–H and O–H groups in total. The molecule has 142 heavy (non-hydrogen) atoms. The van der Waals surface area contributed by atoms with Gasteiger partial charge in [-0.3, -0.25) is 15.1 Å². The number of aliphatic hydroxyl groups is 1. The van der Waals surface area contributed by atoms with E-state index in [-0.39, 0.29) is 34.5 Å². The highest BCUT2D eigenvalue weighted by molar-refractivity contribution is 5.95. The number of aromatic nitrogens is 15. The average Bonchev–Trinajstić information content (AvgIpc) is 1.60. The molecular weight excluding hydrogens is 1810 g/mol. The number of pyridine rings is 2. The summed E-state index contributed by atoms with van der Waals surface area (Å²) in [6.45, 7) is 4.21. The summed E-state index contributed by atoms with van der Waals surface area (Å²) >= 11 is 0. The van der Waals surface area contributed by atoms with Crippen LogP contribution in [0.5, 0.6) is 5.75 Å². The van der Waals surface area contributed by atoms with Gasteiger partial charge in [-0.05, 0) is 222 Å². The second kappa shape index (κ2) is 42.8. The van der Waals surface area contributed by atoms with Gasteiger partial charge in [-0.15, -0.1) is 0 Å². The molecule has 0 saturated heterocycles. The van der Waals surface area contributed by atoms with E-state index in [0.717, 1.165) is 120 Å². The summed E-state index contributed by atoms with van der Waals surface area (Å²) in [5.41, 5.74) is 20.7. The number of oxazole rings is 1. The summed E-state index contributed by atoms with van der Waals surface area (Å²) in [5.74, 6) is -2.85. The third-order valence-electron chi connectivity index (χ3n) is 22.4. The maximum Gasteiger partial charge on any atom is 0.337 e. The fraction of sp³-hybridized carbons (Fsp3) is 0.0459. The quantitative estimate of drug-likeness (QED) is 0.0222. The highest BCUT2D eigenvalue weighted by atomic mass is 19.1. The van der Waals surface area contributed by atoms with E-state index < -0.39 is 34.5 Å². The van der Waals surface area contributed by atoms with Crippen molar-refractivity contribution >= 4 is 74.2 Å². The Morgan fingerprint density at radius 1 is 0.387 bits per heavy atom. The molecule has 9 aromatic heterocycles. The largest absolute Gasteiger partial charge is 0.508 e. The van der Waals surface area contributed by atoms with Crippen molar-refractivity contribution in [1.82, 2.24) is 73.6 Å². The standard InChI is InChI=1S/C20H15N3O2.C19H13N3O2.C18H13N3O3.C18H14N2O3.C17H12F2N2O2.C17H13N3O3/c1-25-20(24)14-6-8-16(9-7-14)23-13-15(12-22-23)17-10-11-21-19-5-3-2-4-18(17)19;23-19(24)14-5-3-6-16(10-14)22-12-15(11-20-22)18-9-8-13-4-1-2-7-17(13)21-18;1-23-18(22)12-6-8-14(9-7-12)21-11-13(10-19-21)17-20-15-4-2-3-5-16(15)24-17;21-18(22)13-3-5-16(6-4-13)20-11-15(10-19-20)14-2-1-12-7-8-23-17(12)9-14;1-23-17(22)11-2-4-16(5-3-11)21-10-13(9-20-21)12-6-14(18)8-15(19)7-12;1-12(21)13-6-8-15(9-7-13)19-11-14(10-18-19)16-4-2-3-5-17(16)20(22)23/h2-13H,1H3;1-12H,(H,23,24);2-11H,1H3;1-6,9-11H,7-8H2,(H,21,22);2-10H,1H3;2-11,21H,1H2. The number of carboxylic acid groups (broad SMARTS) is 2. The first kappa shape index (κ1) is 93.9. The zero-order valence-electron chi connectivity index (χ0n) is 75.6. The predicted molar refractivity (Wildman–Crippen MR) is 528 cm³/mol. The van der Waals surface area contributed by atoms with Gasteiger partial charge in [0.1, 0.15) is 28.7 Å². The molecule has 22 rings (SSSR count). The number of carbonyl (C=O) groups excluding carboxylic acids is 3. The number of aromatic carboxylic acids is 2. The molecule has 21 aromatic rings. The van der Waals surface area contributed by atoms with E-state index in [0.29, 0.717) is 61.8 Å². The number of esters is 3. The van der Waals surface area contributed by atoms with E-state index in [2.05, 4.69) is 75.1 Å². The lowest BCUT2D eigenvalue weighted by Crippen LogP contribution is -2.01. The Labute approximate surface area is 806 Å². The van der Waals surface area contributed by atoms with Gasteiger partial charge in [0.05, 0.1) is 160 Å². The molecule has 31 nitrogen and oxygen atoms in total. The summed E-state index contributed by atoms with van der Waals surface area (Å²) in [7, 11) is 4.04. The topological polar surface area (TPSA) is 385 Å². The molecule has 0 fully saturated rings. The van der Waals surface area contributed by atoms with E-state index in [1.807, 2.05) is 140 Å². The molecule has 0 bridgehead atoms. The molecular formula is C109H80F2N16O15. The van der Waals surface area contributed by atoms with Gasteiger partial charge in [0, 0.05) is 106 Å². The van der Waals surface area contributed by atoms with Crippen molar-refractivity contribution in [2.24, 2.45) is 0 Å². The Balaban J connectivity index is 0.000000117. The second-order valence-corrected chi connectivity index (χ2v) is 31.5. The number of nitro groups is 1. The number of methoxy groups -OCH3 is 3. The smallest absolute Gasteiger partial charge is 0.337 e. The zero-order chi connectivity index (χ0) is 98.9. The number of nitrogens with zero attached hydrogens (tertiary/aromatic N) is 16. The number of rotatable bonds is 19. The van der Waals surface area contributed by atoms with Crippen LogP contribution >= 0.6 is 0 Å². The first-order valence-corrected chi connectivity index (χ1v) is 43.6. The SMILES string of the molecule is C=C(O)c1ccc(-n2cc(-c3ccccc3[N+](=O)[O-])cn2)cc1.COC(=O)c1ccc(-n2cc(-c3cc(F)cc(F)c3)cn2)cc1.COC(=O)c1ccc(-n2cc(-c3ccnc4ccccc34)cn2)cc1.COC(=O)c1ccc(-n2cc(-c3nc4ccccc4o3)cn2)cc1.O=C(O)c1ccc(-n2cc(-c3ccc4c(c3)OCC4)cn2)cc1.O=C(O)c1cccc(-n2cc(-c3ccc4ccccc4n3)cn2)c1. The monoisotopic (exact) mass is 1890 g/mol. The molecule has 0 amide bonds. The van der Waals surface area contributed by atoms with Gasteiger partial charge in [-0.2, -0.15) is 30.6 Å². The number of hydrogen-bond donors (Lipinski definition) is 3. The van der Waals surface area contributed by atoms with Crippen molar-refractivity contribution in [3.05, 3.63) is 445 Å². The van der Waals surface area contributed by atoms with Crippen LogP contribution in [0, 0.1) is 21.7 Å². The average molecular weight is 1890 g/mol. The van der Waals surface area contributed by atoms with Crippen LogP contribution in [0.4, 0.5) is 14.5 Å². The summed E-state index contributed by atoms with van der Waals surface area (Å²) in [6.07, 6.45) is 23.9. The minimum Gasteiger partial charge on any atom is -0.508 e. The van der Waals surface area contributed by atoms with Crippen LogP contribution in [0.3, 0.4) is 0 Å². The fourth-order valence-corrected chi connectivity index (χ4v) is 15.1.